The van der Waals surface area contributed by atoms with E-state index in [2.05, 4.69) is 12.2 Å². The van der Waals surface area contributed by atoms with E-state index in [0.29, 0.717) is 12.5 Å². The zero-order chi connectivity index (χ0) is 13.1. The number of rotatable bonds is 3. The standard InChI is InChI=1S/C14H19FN2O/c1-10(11-3-5-12(15)6-4-11)16-13-7-8-14(18)17(2)9-13/h3-6,10,13,16H,7-9H2,1-2H3. The molecule has 1 amide bonds. The molecule has 1 aliphatic rings. The molecule has 1 aliphatic heterocycles. The minimum Gasteiger partial charge on any atom is -0.344 e. The molecule has 2 rings (SSSR count). The quantitative estimate of drug-likeness (QED) is 0.891. The van der Waals surface area contributed by atoms with Gasteiger partial charge < -0.3 is 10.2 Å². The van der Waals surface area contributed by atoms with Crippen LogP contribution < -0.4 is 5.32 Å². The highest BCUT2D eigenvalue weighted by Gasteiger charge is 2.23. The predicted octanol–water partition coefficient (Wildman–Crippen LogP) is 2.10. The van der Waals surface area contributed by atoms with Crippen LogP contribution in [-0.2, 0) is 4.79 Å². The maximum atomic E-state index is 12.8. The van der Waals surface area contributed by atoms with Crippen molar-refractivity contribution in [2.45, 2.75) is 31.8 Å². The molecule has 18 heavy (non-hydrogen) atoms. The molecule has 0 spiro atoms. The van der Waals surface area contributed by atoms with E-state index in [1.165, 1.54) is 12.1 Å². The summed E-state index contributed by atoms with van der Waals surface area (Å²) in [5.41, 5.74) is 1.07. The summed E-state index contributed by atoms with van der Waals surface area (Å²) in [7, 11) is 1.83. The molecule has 1 heterocycles. The minimum absolute atomic E-state index is 0.164. The van der Waals surface area contributed by atoms with Gasteiger partial charge in [0.1, 0.15) is 5.82 Å². The van der Waals surface area contributed by atoms with E-state index in [-0.39, 0.29) is 17.8 Å². The van der Waals surface area contributed by atoms with Gasteiger partial charge in [0.2, 0.25) is 5.91 Å². The first-order chi connectivity index (χ1) is 8.56. The van der Waals surface area contributed by atoms with Gasteiger partial charge in [-0.1, -0.05) is 12.1 Å². The maximum absolute atomic E-state index is 12.8. The number of likely N-dealkylation sites (N-methyl/N-ethyl adjacent to an activating group) is 1. The van der Waals surface area contributed by atoms with Crippen molar-refractivity contribution in [1.29, 1.82) is 0 Å². The molecule has 1 aromatic rings. The van der Waals surface area contributed by atoms with Gasteiger partial charge in [-0.2, -0.15) is 0 Å². The van der Waals surface area contributed by atoms with Crippen molar-refractivity contribution < 1.29 is 9.18 Å². The molecule has 0 aliphatic carbocycles. The normalized spacial score (nSPS) is 22.1. The molecule has 0 bridgehead atoms. The first-order valence-corrected chi connectivity index (χ1v) is 6.31. The van der Waals surface area contributed by atoms with Crippen LogP contribution in [-0.4, -0.2) is 30.4 Å². The molecular weight excluding hydrogens is 231 g/mol. The zero-order valence-electron chi connectivity index (χ0n) is 10.8. The number of piperidine rings is 1. The number of benzene rings is 1. The summed E-state index contributed by atoms with van der Waals surface area (Å²) < 4.78 is 12.8. The Bertz CT molecular complexity index is 418. The number of amides is 1. The van der Waals surface area contributed by atoms with Gasteiger partial charge in [0.25, 0.3) is 0 Å². The van der Waals surface area contributed by atoms with Gasteiger partial charge in [-0.15, -0.1) is 0 Å². The molecule has 2 atom stereocenters. The smallest absolute Gasteiger partial charge is 0.222 e. The monoisotopic (exact) mass is 250 g/mol. The van der Waals surface area contributed by atoms with Crippen molar-refractivity contribution in [3.63, 3.8) is 0 Å². The number of nitrogens with zero attached hydrogens (tertiary/aromatic N) is 1. The van der Waals surface area contributed by atoms with Crippen LogP contribution in [0.3, 0.4) is 0 Å². The second-order valence-electron chi connectivity index (χ2n) is 4.95. The third kappa shape index (κ3) is 3.07. The zero-order valence-corrected chi connectivity index (χ0v) is 10.8. The molecule has 1 fully saturated rings. The Balaban J connectivity index is 1.93. The SMILES string of the molecule is CC(NC1CCC(=O)N(C)C1)c1ccc(F)cc1. The van der Waals surface area contributed by atoms with Crippen LogP contribution in [0.4, 0.5) is 4.39 Å². The number of halogens is 1. The first kappa shape index (κ1) is 13.0. The summed E-state index contributed by atoms with van der Waals surface area (Å²) in [6.45, 7) is 2.80. The average Bonchev–Trinajstić information content (AvgIpc) is 2.34. The Morgan fingerprint density at radius 2 is 2.06 bits per heavy atom. The third-order valence-electron chi connectivity index (χ3n) is 3.48. The van der Waals surface area contributed by atoms with E-state index in [0.717, 1.165) is 18.5 Å². The lowest BCUT2D eigenvalue weighted by Gasteiger charge is -2.32. The fraction of sp³-hybridized carbons (Fsp3) is 0.500. The second-order valence-corrected chi connectivity index (χ2v) is 4.95. The Kier molecular flexibility index (Phi) is 3.97. The van der Waals surface area contributed by atoms with Crippen LogP contribution in [0.25, 0.3) is 0 Å². The van der Waals surface area contributed by atoms with Gasteiger partial charge in [0.05, 0.1) is 0 Å². The summed E-state index contributed by atoms with van der Waals surface area (Å²) in [6, 6.07) is 7.02. The van der Waals surface area contributed by atoms with Crippen LogP contribution in [0.1, 0.15) is 31.4 Å². The van der Waals surface area contributed by atoms with Gasteiger partial charge in [-0.25, -0.2) is 4.39 Å². The summed E-state index contributed by atoms with van der Waals surface area (Å²) in [6.07, 6.45) is 1.47. The highest BCUT2D eigenvalue weighted by Crippen LogP contribution is 2.17. The number of carbonyl (C=O) groups excluding carboxylic acids is 1. The molecule has 4 heteroatoms. The van der Waals surface area contributed by atoms with Crippen LogP contribution >= 0.6 is 0 Å². The summed E-state index contributed by atoms with van der Waals surface area (Å²) in [5.74, 6) is -0.00330. The molecule has 0 aromatic heterocycles. The van der Waals surface area contributed by atoms with E-state index in [9.17, 15) is 9.18 Å². The number of carbonyl (C=O) groups is 1. The topological polar surface area (TPSA) is 32.3 Å². The molecule has 0 radical (unpaired) electrons. The fourth-order valence-corrected chi connectivity index (χ4v) is 2.35. The van der Waals surface area contributed by atoms with Crippen LogP contribution in [0.15, 0.2) is 24.3 Å². The molecule has 0 saturated carbocycles. The van der Waals surface area contributed by atoms with E-state index in [1.54, 1.807) is 17.0 Å². The van der Waals surface area contributed by atoms with E-state index in [4.69, 9.17) is 0 Å². The van der Waals surface area contributed by atoms with E-state index in [1.807, 2.05) is 7.05 Å². The van der Waals surface area contributed by atoms with Crippen LogP contribution in [0.2, 0.25) is 0 Å². The lowest BCUT2D eigenvalue weighted by Crippen LogP contribution is -2.47. The molecule has 98 valence electrons. The summed E-state index contributed by atoms with van der Waals surface area (Å²) in [4.78, 5) is 13.2. The Morgan fingerprint density at radius 1 is 1.39 bits per heavy atom. The van der Waals surface area contributed by atoms with Gasteiger partial charge >= 0.3 is 0 Å². The summed E-state index contributed by atoms with van der Waals surface area (Å²) >= 11 is 0. The molecule has 3 nitrogen and oxygen atoms in total. The lowest BCUT2D eigenvalue weighted by molar-refractivity contribution is -0.132. The lowest BCUT2D eigenvalue weighted by atomic mass is 10.0. The molecule has 1 aromatic carbocycles. The number of nitrogens with one attached hydrogen (secondary N) is 1. The van der Waals surface area contributed by atoms with Gasteiger partial charge in [-0.3, -0.25) is 4.79 Å². The predicted molar refractivity (Wildman–Crippen MR) is 68.6 cm³/mol. The van der Waals surface area contributed by atoms with Crippen molar-refractivity contribution >= 4 is 5.91 Å². The Morgan fingerprint density at radius 3 is 2.67 bits per heavy atom. The largest absolute Gasteiger partial charge is 0.344 e. The molecule has 1 saturated heterocycles. The van der Waals surface area contributed by atoms with Gasteiger partial charge in [0, 0.05) is 32.1 Å². The number of likely N-dealkylation sites (tertiary alicyclic amines) is 1. The number of hydrogen-bond acceptors (Lipinski definition) is 2. The second kappa shape index (κ2) is 5.48. The van der Waals surface area contributed by atoms with Crippen LogP contribution in [0.5, 0.6) is 0 Å². The Labute approximate surface area is 107 Å². The highest BCUT2D eigenvalue weighted by atomic mass is 19.1. The Hall–Kier alpha value is -1.42. The van der Waals surface area contributed by atoms with E-state index < -0.39 is 0 Å². The highest BCUT2D eigenvalue weighted by molar-refractivity contribution is 5.76. The maximum Gasteiger partial charge on any atom is 0.222 e. The van der Waals surface area contributed by atoms with Gasteiger partial charge in [-0.05, 0) is 31.0 Å². The van der Waals surface area contributed by atoms with Crippen LogP contribution in [0, 0.1) is 5.82 Å². The van der Waals surface area contributed by atoms with Crippen molar-refractivity contribution in [3.8, 4) is 0 Å². The third-order valence-corrected chi connectivity index (χ3v) is 3.48. The van der Waals surface area contributed by atoms with Crippen molar-refractivity contribution in [2.24, 2.45) is 0 Å². The molecule has 2 unspecified atom stereocenters. The van der Waals surface area contributed by atoms with Gasteiger partial charge in [0.15, 0.2) is 0 Å². The van der Waals surface area contributed by atoms with E-state index >= 15 is 0 Å². The van der Waals surface area contributed by atoms with Crippen molar-refractivity contribution in [2.75, 3.05) is 13.6 Å². The number of hydrogen-bond donors (Lipinski definition) is 1. The first-order valence-electron chi connectivity index (χ1n) is 6.31. The molecular formula is C14H19FN2O. The van der Waals surface area contributed by atoms with Crippen molar-refractivity contribution in [3.05, 3.63) is 35.6 Å². The minimum atomic E-state index is -0.214. The summed E-state index contributed by atoms with van der Waals surface area (Å²) in [5, 5.41) is 3.49. The average molecular weight is 250 g/mol. The molecule has 1 N–H and O–H groups in total. The fourth-order valence-electron chi connectivity index (χ4n) is 2.35. The van der Waals surface area contributed by atoms with Crippen molar-refractivity contribution in [1.82, 2.24) is 10.2 Å².